The SMILES string of the molecule is Cc1cccc(C2CCN(C(=O)c3cn(-c4ccc5c(c4)CN(C4CCC(=O)NC4=O)C5=O)nn3)C2)c1. The van der Waals surface area contributed by atoms with E-state index >= 15 is 0 Å². The maximum Gasteiger partial charge on any atom is 0.276 e. The van der Waals surface area contributed by atoms with Crippen LogP contribution in [0.3, 0.4) is 0 Å². The second kappa shape index (κ2) is 8.95. The molecule has 2 aromatic carbocycles. The maximum absolute atomic E-state index is 13.1. The third-order valence-electron chi connectivity index (χ3n) is 7.47. The summed E-state index contributed by atoms with van der Waals surface area (Å²) in [5, 5.41) is 10.6. The van der Waals surface area contributed by atoms with Gasteiger partial charge in [-0.25, -0.2) is 4.68 Å². The molecule has 6 rings (SSSR count). The van der Waals surface area contributed by atoms with Gasteiger partial charge in [0, 0.05) is 37.5 Å². The fraction of sp³-hybridized carbons (Fsp3) is 0.333. The van der Waals surface area contributed by atoms with Crippen LogP contribution < -0.4 is 5.32 Å². The minimum absolute atomic E-state index is 0.151. The second-order valence-corrected chi connectivity index (χ2v) is 9.94. The number of nitrogens with one attached hydrogen (secondary N) is 1. The number of rotatable bonds is 4. The number of hydrogen-bond acceptors (Lipinski definition) is 6. The summed E-state index contributed by atoms with van der Waals surface area (Å²) in [4.78, 5) is 53.2. The van der Waals surface area contributed by atoms with Crippen LogP contribution in [0, 0.1) is 6.92 Å². The molecule has 0 spiro atoms. The second-order valence-electron chi connectivity index (χ2n) is 9.94. The number of amides is 4. The summed E-state index contributed by atoms with van der Waals surface area (Å²) in [7, 11) is 0. The van der Waals surface area contributed by atoms with Crippen molar-refractivity contribution < 1.29 is 19.2 Å². The standard InChI is InChI=1S/C27H26N6O4/c1-16-3-2-4-17(11-16)18-9-10-31(13-18)27(37)22-15-33(30-29-22)20-5-6-21-19(12-20)14-32(26(21)36)23-7-8-24(34)28-25(23)35/h2-6,11-12,15,18,23H,7-10,13-14H2,1H3,(H,28,34,35). The minimum atomic E-state index is -0.666. The number of carbonyl (C=O) groups is 4. The van der Waals surface area contributed by atoms with E-state index in [4.69, 9.17) is 0 Å². The normalized spacial score (nSPS) is 21.4. The monoisotopic (exact) mass is 498 g/mol. The van der Waals surface area contributed by atoms with E-state index in [2.05, 4.69) is 46.8 Å². The molecule has 4 heterocycles. The van der Waals surface area contributed by atoms with Gasteiger partial charge in [-0.2, -0.15) is 0 Å². The Labute approximate surface area is 213 Å². The van der Waals surface area contributed by atoms with Crippen LogP contribution in [0.1, 0.15) is 62.7 Å². The van der Waals surface area contributed by atoms with E-state index in [-0.39, 0.29) is 36.4 Å². The Morgan fingerprint density at radius 1 is 1.08 bits per heavy atom. The van der Waals surface area contributed by atoms with Crippen LogP contribution in [0.2, 0.25) is 0 Å². The Morgan fingerprint density at radius 2 is 1.95 bits per heavy atom. The molecule has 2 saturated heterocycles. The topological polar surface area (TPSA) is 118 Å². The lowest BCUT2D eigenvalue weighted by Gasteiger charge is -2.29. The van der Waals surface area contributed by atoms with Gasteiger partial charge in [0.2, 0.25) is 11.8 Å². The van der Waals surface area contributed by atoms with E-state index in [1.54, 1.807) is 18.3 Å². The molecule has 10 nitrogen and oxygen atoms in total. The number of benzene rings is 2. The Hall–Kier alpha value is -4.34. The first-order valence-electron chi connectivity index (χ1n) is 12.4. The van der Waals surface area contributed by atoms with E-state index in [0.717, 1.165) is 12.0 Å². The van der Waals surface area contributed by atoms with Gasteiger partial charge in [-0.05, 0) is 49.1 Å². The largest absolute Gasteiger partial charge is 0.337 e. The smallest absolute Gasteiger partial charge is 0.276 e. The van der Waals surface area contributed by atoms with Gasteiger partial charge in [0.25, 0.3) is 11.8 Å². The maximum atomic E-state index is 13.1. The summed E-state index contributed by atoms with van der Waals surface area (Å²) < 4.78 is 1.53. The summed E-state index contributed by atoms with van der Waals surface area (Å²) in [6.07, 6.45) is 3.04. The Bertz CT molecular complexity index is 1450. The number of aryl methyl sites for hydroxylation is 1. The molecule has 2 fully saturated rings. The quantitative estimate of drug-likeness (QED) is 0.550. The van der Waals surface area contributed by atoms with Gasteiger partial charge in [-0.1, -0.05) is 35.0 Å². The zero-order valence-corrected chi connectivity index (χ0v) is 20.4. The highest BCUT2D eigenvalue weighted by molar-refractivity contribution is 6.05. The molecule has 10 heteroatoms. The van der Waals surface area contributed by atoms with Crippen LogP contribution in [-0.2, 0) is 16.1 Å². The molecule has 3 aliphatic rings. The molecule has 188 valence electrons. The molecule has 0 radical (unpaired) electrons. The zero-order valence-electron chi connectivity index (χ0n) is 20.4. The molecule has 2 unspecified atom stereocenters. The molecule has 0 bridgehead atoms. The zero-order chi connectivity index (χ0) is 25.7. The van der Waals surface area contributed by atoms with Crippen molar-refractivity contribution in [3.05, 3.63) is 76.6 Å². The van der Waals surface area contributed by atoms with Crippen LogP contribution in [0.5, 0.6) is 0 Å². The van der Waals surface area contributed by atoms with Crippen molar-refractivity contribution >= 4 is 23.6 Å². The molecular formula is C27H26N6O4. The molecule has 3 aromatic rings. The van der Waals surface area contributed by atoms with Crippen LogP contribution >= 0.6 is 0 Å². The first kappa shape index (κ1) is 23.1. The minimum Gasteiger partial charge on any atom is -0.337 e. The summed E-state index contributed by atoms with van der Waals surface area (Å²) in [6.45, 7) is 3.65. The van der Waals surface area contributed by atoms with Crippen molar-refractivity contribution in [1.29, 1.82) is 0 Å². The molecule has 1 aromatic heterocycles. The van der Waals surface area contributed by atoms with Gasteiger partial charge in [-0.3, -0.25) is 24.5 Å². The number of imide groups is 1. The van der Waals surface area contributed by atoms with Crippen molar-refractivity contribution in [2.45, 2.75) is 44.7 Å². The van der Waals surface area contributed by atoms with Gasteiger partial charge in [0.15, 0.2) is 5.69 Å². The van der Waals surface area contributed by atoms with Crippen molar-refractivity contribution in [1.82, 2.24) is 30.1 Å². The lowest BCUT2D eigenvalue weighted by Crippen LogP contribution is -2.52. The van der Waals surface area contributed by atoms with E-state index in [1.807, 2.05) is 11.0 Å². The number of likely N-dealkylation sites (tertiary alicyclic amines) is 1. The highest BCUT2D eigenvalue weighted by Gasteiger charge is 2.39. The van der Waals surface area contributed by atoms with Crippen molar-refractivity contribution in [2.24, 2.45) is 0 Å². The summed E-state index contributed by atoms with van der Waals surface area (Å²) in [6, 6.07) is 13.0. The highest BCUT2D eigenvalue weighted by Crippen LogP contribution is 2.30. The Balaban J connectivity index is 1.16. The predicted octanol–water partition coefficient (Wildman–Crippen LogP) is 1.97. The van der Waals surface area contributed by atoms with E-state index in [9.17, 15) is 19.2 Å². The Kier molecular flexibility index (Phi) is 5.58. The molecule has 2 atom stereocenters. The summed E-state index contributed by atoms with van der Waals surface area (Å²) in [5.41, 5.74) is 4.67. The fourth-order valence-electron chi connectivity index (χ4n) is 5.49. The van der Waals surface area contributed by atoms with E-state index in [1.165, 1.54) is 20.7 Å². The van der Waals surface area contributed by atoms with Crippen molar-refractivity contribution in [3.63, 3.8) is 0 Å². The lowest BCUT2D eigenvalue weighted by molar-refractivity contribution is -0.136. The molecule has 4 amide bonds. The van der Waals surface area contributed by atoms with E-state index < -0.39 is 11.9 Å². The number of piperidine rings is 1. The number of fused-ring (bicyclic) bond motifs is 1. The Morgan fingerprint density at radius 3 is 2.76 bits per heavy atom. The average molecular weight is 499 g/mol. The van der Waals surface area contributed by atoms with Gasteiger partial charge in [0.1, 0.15) is 6.04 Å². The molecular weight excluding hydrogens is 472 g/mol. The number of nitrogens with zero attached hydrogens (tertiary/aromatic N) is 5. The van der Waals surface area contributed by atoms with Gasteiger partial charge in [0.05, 0.1) is 11.9 Å². The first-order chi connectivity index (χ1) is 17.9. The number of aromatic nitrogens is 3. The van der Waals surface area contributed by atoms with Crippen LogP contribution in [-0.4, -0.2) is 67.6 Å². The number of carbonyl (C=O) groups excluding carboxylic acids is 4. The molecule has 1 N–H and O–H groups in total. The van der Waals surface area contributed by atoms with Crippen LogP contribution in [0.4, 0.5) is 0 Å². The highest BCUT2D eigenvalue weighted by atomic mass is 16.2. The molecule has 37 heavy (non-hydrogen) atoms. The predicted molar refractivity (Wildman–Crippen MR) is 132 cm³/mol. The van der Waals surface area contributed by atoms with Crippen LogP contribution in [0.15, 0.2) is 48.7 Å². The first-order valence-corrected chi connectivity index (χ1v) is 12.4. The molecule has 3 aliphatic heterocycles. The third kappa shape index (κ3) is 4.18. The van der Waals surface area contributed by atoms with Crippen LogP contribution in [0.25, 0.3) is 5.69 Å². The van der Waals surface area contributed by atoms with Gasteiger partial charge in [-0.15, -0.1) is 5.10 Å². The number of hydrogen-bond donors (Lipinski definition) is 1. The van der Waals surface area contributed by atoms with Gasteiger partial charge >= 0.3 is 0 Å². The van der Waals surface area contributed by atoms with E-state index in [0.29, 0.717) is 36.7 Å². The fourth-order valence-corrected chi connectivity index (χ4v) is 5.49. The molecule has 0 aliphatic carbocycles. The summed E-state index contributed by atoms with van der Waals surface area (Å²) >= 11 is 0. The third-order valence-corrected chi connectivity index (χ3v) is 7.47. The lowest BCUT2D eigenvalue weighted by atomic mass is 9.97. The molecule has 0 saturated carbocycles. The van der Waals surface area contributed by atoms with Gasteiger partial charge < -0.3 is 9.80 Å². The van der Waals surface area contributed by atoms with Crippen molar-refractivity contribution in [3.8, 4) is 5.69 Å². The van der Waals surface area contributed by atoms with Crippen molar-refractivity contribution in [2.75, 3.05) is 13.1 Å². The average Bonchev–Trinajstić information content (AvgIpc) is 3.63. The summed E-state index contributed by atoms with van der Waals surface area (Å²) in [5.74, 6) is -0.836.